The number of piperazine rings is 1. The largest absolute Gasteiger partial charge is 0.443 e. The van der Waals surface area contributed by atoms with Gasteiger partial charge < -0.3 is 15.0 Å². The molecule has 2 aromatic heterocycles. The van der Waals surface area contributed by atoms with Crippen molar-refractivity contribution in [2.24, 2.45) is 0 Å². The molecule has 32 heavy (non-hydrogen) atoms. The molecule has 1 unspecified atom stereocenters. The maximum absolute atomic E-state index is 13.4. The Balaban J connectivity index is 1.76. The van der Waals surface area contributed by atoms with Gasteiger partial charge in [0.25, 0.3) is 0 Å². The van der Waals surface area contributed by atoms with Crippen LogP contribution in [-0.2, 0) is 10.9 Å². The molecule has 2 aromatic rings. The number of hydrogen-bond acceptors (Lipinski definition) is 7. The van der Waals surface area contributed by atoms with Gasteiger partial charge in [-0.1, -0.05) is 11.3 Å². The van der Waals surface area contributed by atoms with Gasteiger partial charge in [0.05, 0.1) is 17.7 Å². The normalized spacial score (nSPS) is 19.1. The molecule has 1 fully saturated rings. The SMILES string of the molecule is COCCC1CN(C2=c3ncccc3=CNc3sc(C(F)(F)F)nc32)CCN1CCCF. The third kappa shape index (κ3) is 4.74. The molecule has 0 radical (unpaired) electrons. The first-order valence-electron chi connectivity index (χ1n) is 10.5. The number of nitrogens with one attached hydrogen (secondary N) is 1. The Morgan fingerprint density at radius 1 is 1.31 bits per heavy atom. The van der Waals surface area contributed by atoms with E-state index >= 15 is 0 Å². The lowest BCUT2D eigenvalue weighted by Gasteiger charge is -2.43. The number of nitrogens with zero attached hydrogens (tertiary/aromatic N) is 4. The average Bonchev–Trinajstić information content (AvgIpc) is 3.14. The molecule has 174 valence electrons. The Labute approximate surface area is 187 Å². The Morgan fingerprint density at radius 2 is 2.16 bits per heavy atom. The maximum atomic E-state index is 13.4. The molecule has 11 heteroatoms. The van der Waals surface area contributed by atoms with Crippen molar-refractivity contribution in [3.05, 3.63) is 39.6 Å². The fraction of sp³-hybridized carbons (Fsp3) is 0.524. The van der Waals surface area contributed by atoms with Crippen LogP contribution in [0, 0.1) is 0 Å². The molecular formula is C21H25F4N5OS. The summed E-state index contributed by atoms with van der Waals surface area (Å²) in [7, 11) is 1.63. The van der Waals surface area contributed by atoms with E-state index in [2.05, 4.69) is 25.1 Å². The molecule has 0 aliphatic carbocycles. The van der Waals surface area contributed by atoms with Gasteiger partial charge in [-0.3, -0.25) is 14.3 Å². The van der Waals surface area contributed by atoms with E-state index in [0.717, 1.165) is 11.6 Å². The number of alkyl halides is 4. The summed E-state index contributed by atoms with van der Waals surface area (Å²) in [6.07, 6.45) is -0.0259. The number of anilines is 1. The first-order chi connectivity index (χ1) is 15.4. The second kappa shape index (κ2) is 9.72. The van der Waals surface area contributed by atoms with E-state index < -0.39 is 11.2 Å². The van der Waals surface area contributed by atoms with E-state index in [1.165, 1.54) is 0 Å². The van der Waals surface area contributed by atoms with Crippen LogP contribution < -0.4 is 15.9 Å². The third-order valence-corrected chi connectivity index (χ3v) is 6.70. The number of pyridine rings is 1. The van der Waals surface area contributed by atoms with Crippen LogP contribution in [0.2, 0.25) is 0 Å². The molecular weight excluding hydrogens is 446 g/mol. The second-order valence-corrected chi connectivity index (χ2v) is 8.73. The van der Waals surface area contributed by atoms with Crippen LogP contribution in [0.15, 0.2) is 18.3 Å². The molecule has 0 aromatic carbocycles. The molecule has 6 nitrogen and oxygen atoms in total. The summed E-state index contributed by atoms with van der Waals surface area (Å²) in [5, 5.41) is 3.84. The van der Waals surface area contributed by atoms with Crippen molar-refractivity contribution in [3.63, 3.8) is 0 Å². The van der Waals surface area contributed by atoms with Crippen molar-refractivity contribution in [1.29, 1.82) is 0 Å². The smallest absolute Gasteiger partial charge is 0.385 e. The van der Waals surface area contributed by atoms with Gasteiger partial charge in [0.2, 0.25) is 5.01 Å². The predicted octanol–water partition coefficient (Wildman–Crippen LogP) is 2.26. The average molecular weight is 472 g/mol. The molecule has 1 atom stereocenters. The summed E-state index contributed by atoms with van der Waals surface area (Å²) in [6, 6.07) is 3.74. The Bertz CT molecular complexity index is 1060. The van der Waals surface area contributed by atoms with Crippen LogP contribution in [0.4, 0.5) is 22.6 Å². The first kappa shape index (κ1) is 22.9. The van der Waals surface area contributed by atoms with Gasteiger partial charge in [-0.15, -0.1) is 0 Å². The molecule has 1 saturated heterocycles. The lowest BCUT2D eigenvalue weighted by Crippen LogP contribution is -2.54. The zero-order valence-electron chi connectivity index (χ0n) is 17.7. The Morgan fingerprint density at radius 3 is 2.91 bits per heavy atom. The van der Waals surface area contributed by atoms with Crippen molar-refractivity contribution < 1.29 is 22.3 Å². The van der Waals surface area contributed by atoms with Crippen LogP contribution >= 0.6 is 11.3 Å². The predicted molar refractivity (Wildman–Crippen MR) is 115 cm³/mol. The minimum Gasteiger partial charge on any atom is -0.385 e. The molecule has 2 aliphatic rings. The van der Waals surface area contributed by atoms with Gasteiger partial charge in [0.15, 0.2) is 0 Å². The Hall–Kier alpha value is -2.24. The van der Waals surface area contributed by atoms with E-state index in [1.54, 1.807) is 25.6 Å². The number of methoxy groups -OCH3 is 1. The number of thiazole rings is 1. The molecule has 0 saturated carbocycles. The summed E-state index contributed by atoms with van der Waals surface area (Å²) >= 11 is 0.594. The topological polar surface area (TPSA) is 53.5 Å². The molecule has 4 heterocycles. The zero-order valence-corrected chi connectivity index (χ0v) is 18.5. The molecule has 0 amide bonds. The van der Waals surface area contributed by atoms with Crippen LogP contribution in [0.3, 0.4) is 0 Å². The van der Waals surface area contributed by atoms with E-state index in [1.807, 2.05) is 6.07 Å². The fourth-order valence-corrected chi connectivity index (χ4v) is 4.97. The quantitative estimate of drug-likeness (QED) is 0.626. The third-order valence-electron chi connectivity index (χ3n) is 5.67. The standard InChI is InChI=1S/C21H25F4N5OS/c1-31-11-5-15-13-30(10-9-29(15)8-3-6-22)18-16-14(4-2-7-26-16)12-27-19-17(18)28-20(32-19)21(23,24)25/h2,4,7,12,15,27H,3,5-6,8-11,13H2,1H3. The molecule has 2 aliphatic heterocycles. The van der Waals surface area contributed by atoms with Crippen LogP contribution in [-0.4, -0.2) is 72.4 Å². The van der Waals surface area contributed by atoms with E-state index in [9.17, 15) is 17.6 Å². The maximum Gasteiger partial charge on any atom is 0.443 e. The number of aromatic nitrogens is 2. The monoisotopic (exact) mass is 471 g/mol. The summed E-state index contributed by atoms with van der Waals surface area (Å²) in [5.74, 6) is 0. The van der Waals surface area contributed by atoms with Gasteiger partial charge >= 0.3 is 6.18 Å². The number of hydrogen-bond donors (Lipinski definition) is 1. The van der Waals surface area contributed by atoms with Crippen molar-refractivity contribution in [1.82, 2.24) is 19.8 Å². The lowest BCUT2D eigenvalue weighted by molar-refractivity contribution is -0.137. The van der Waals surface area contributed by atoms with E-state index in [0.29, 0.717) is 66.6 Å². The van der Waals surface area contributed by atoms with Gasteiger partial charge in [0, 0.05) is 63.6 Å². The number of ether oxygens (including phenoxy) is 1. The molecule has 0 bridgehead atoms. The molecule has 0 spiro atoms. The highest BCUT2D eigenvalue weighted by atomic mass is 32.1. The van der Waals surface area contributed by atoms with E-state index in [-0.39, 0.29) is 18.4 Å². The van der Waals surface area contributed by atoms with Crippen molar-refractivity contribution in [3.8, 4) is 0 Å². The van der Waals surface area contributed by atoms with Crippen LogP contribution in [0.25, 0.3) is 11.9 Å². The van der Waals surface area contributed by atoms with Crippen molar-refractivity contribution in [2.45, 2.75) is 25.1 Å². The van der Waals surface area contributed by atoms with Gasteiger partial charge in [-0.25, -0.2) is 4.98 Å². The fourth-order valence-electron chi connectivity index (χ4n) is 4.17. The highest BCUT2D eigenvalue weighted by Crippen LogP contribution is 2.40. The van der Waals surface area contributed by atoms with Crippen molar-refractivity contribution in [2.75, 3.05) is 51.9 Å². The minimum atomic E-state index is -4.53. The van der Waals surface area contributed by atoms with Crippen LogP contribution in [0.5, 0.6) is 0 Å². The minimum absolute atomic E-state index is 0.0827. The highest BCUT2D eigenvalue weighted by Gasteiger charge is 2.38. The van der Waals surface area contributed by atoms with Crippen molar-refractivity contribution >= 4 is 28.2 Å². The van der Waals surface area contributed by atoms with Gasteiger partial charge in [0.1, 0.15) is 10.7 Å². The van der Waals surface area contributed by atoms with Gasteiger partial charge in [-0.05, 0) is 25.0 Å². The second-order valence-electron chi connectivity index (χ2n) is 7.73. The van der Waals surface area contributed by atoms with Gasteiger partial charge in [-0.2, -0.15) is 13.2 Å². The zero-order chi connectivity index (χ0) is 22.7. The number of rotatable bonds is 7. The summed E-state index contributed by atoms with van der Waals surface area (Å²) in [4.78, 5) is 12.8. The first-order valence-corrected chi connectivity index (χ1v) is 11.3. The number of halogens is 4. The highest BCUT2D eigenvalue weighted by molar-refractivity contribution is 7.16. The van der Waals surface area contributed by atoms with E-state index in [4.69, 9.17) is 4.74 Å². The Kier molecular flexibility index (Phi) is 6.96. The summed E-state index contributed by atoms with van der Waals surface area (Å²) in [6.45, 7) is 2.63. The lowest BCUT2D eigenvalue weighted by atomic mass is 10.1. The number of fused-ring (bicyclic) bond motifs is 2. The molecule has 1 N–H and O–H groups in total. The summed E-state index contributed by atoms with van der Waals surface area (Å²) < 4.78 is 58.3. The van der Waals surface area contributed by atoms with Crippen LogP contribution in [0.1, 0.15) is 23.5 Å². The summed E-state index contributed by atoms with van der Waals surface area (Å²) in [5.41, 5.74) is 0.856. The molecule has 4 rings (SSSR count).